The Labute approximate surface area is 108 Å². The van der Waals surface area contributed by atoms with Crippen molar-refractivity contribution in [3.63, 3.8) is 0 Å². The maximum Gasteiger partial charge on any atom is 0.365 e. The lowest BCUT2D eigenvalue weighted by Gasteiger charge is -2.33. The normalized spacial score (nSPS) is 28.1. The first-order valence-electron chi connectivity index (χ1n) is 6.74. The van der Waals surface area contributed by atoms with E-state index in [2.05, 4.69) is 6.07 Å². The van der Waals surface area contributed by atoms with Gasteiger partial charge in [0, 0.05) is 0 Å². The van der Waals surface area contributed by atoms with E-state index in [1.54, 1.807) is 0 Å². The molecule has 1 saturated carbocycles. The molecule has 3 aliphatic rings. The van der Waals surface area contributed by atoms with E-state index in [-0.39, 0.29) is 0 Å². The highest BCUT2D eigenvalue weighted by Crippen LogP contribution is 2.41. The highest BCUT2D eigenvalue weighted by Gasteiger charge is 2.27. The predicted octanol–water partition coefficient (Wildman–Crippen LogP) is 3.35. The first-order chi connectivity index (χ1) is 8.72. The zero-order chi connectivity index (χ0) is 12.5. The van der Waals surface area contributed by atoms with Crippen LogP contribution in [0.4, 0.5) is 0 Å². The summed E-state index contributed by atoms with van der Waals surface area (Å²) in [5, 5.41) is 0. The van der Waals surface area contributed by atoms with Crippen molar-refractivity contribution in [3.05, 3.63) is 29.3 Å². The van der Waals surface area contributed by atoms with Gasteiger partial charge in [-0.3, -0.25) is 0 Å². The van der Waals surface area contributed by atoms with E-state index in [1.807, 2.05) is 12.1 Å². The minimum absolute atomic E-state index is 0.631. The van der Waals surface area contributed by atoms with Gasteiger partial charge in [0.25, 0.3) is 0 Å². The number of rotatable bonds is 2. The van der Waals surface area contributed by atoms with Crippen LogP contribution in [0.25, 0.3) is 0 Å². The van der Waals surface area contributed by atoms with Crippen LogP contribution in [-0.2, 0) is 17.4 Å². The quantitative estimate of drug-likeness (QED) is 0.835. The fourth-order valence-corrected chi connectivity index (χ4v) is 3.84. The first kappa shape index (κ1) is 12.3. The van der Waals surface area contributed by atoms with Crippen LogP contribution in [0.2, 0.25) is 0 Å². The molecule has 98 valence electrons. The molecule has 0 radical (unpaired) electrons. The van der Waals surface area contributed by atoms with E-state index in [9.17, 15) is 4.57 Å². The molecule has 0 heterocycles. The van der Waals surface area contributed by atoms with Gasteiger partial charge in [-0.05, 0) is 67.6 Å². The van der Waals surface area contributed by atoms with E-state index in [4.69, 9.17) is 9.42 Å². The molecule has 1 unspecified atom stereocenters. The molecule has 3 nitrogen and oxygen atoms in total. The average molecular weight is 266 g/mol. The Morgan fingerprint density at radius 1 is 1.11 bits per heavy atom. The SMILES string of the molecule is O=[PH](O)Oc1cccc2c1CC1CCC(CC1)C2. The summed E-state index contributed by atoms with van der Waals surface area (Å²) < 4.78 is 16.0. The average Bonchev–Trinajstić information content (AvgIpc) is 2.29. The van der Waals surface area contributed by atoms with Crippen LogP contribution in [0.15, 0.2) is 18.2 Å². The Balaban J connectivity index is 1.98. The zero-order valence-corrected chi connectivity index (χ0v) is 11.4. The maximum atomic E-state index is 10.9. The molecule has 1 atom stereocenters. The fraction of sp³-hybridized carbons (Fsp3) is 0.571. The van der Waals surface area contributed by atoms with E-state index >= 15 is 0 Å². The highest BCUT2D eigenvalue weighted by atomic mass is 31.1. The van der Waals surface area contributed by atoms with Crippen molar-refractivity contribution in [1.82, 2.24) is 0 Å². The largest absolute Gasteiger partial charge is 0.426 e. The second-order valence-corrected chi connectivity index (χ2v) is 6.29. The fourth-order valence-electron chi connectivity index (χ4n) is 3.46. The Hall–Kier alpha value is -0.790. The predicted molar refractivity (Wildman–Crippen MR) is 71.1 cm³/mol. The summed E-state index contributed by atoms with van der Waals surface area (Å²) >= 11 is 0. The highest BCUT2D eigenvalue weighted by molar-refractivity contribution is 7.32. The molecule has 0 aliphatic heterocycles. The molecule has 1 aromatic rings. The minimum atomic E-state index is -2.90. The monoisotopic (exact) mass is 266 g/mol. The number of hydrogen-bond acceptors (Lipinski definition) is 2. The van der Waals surface area contributed by atoms with Gasteiger partial charge in [-0.15, -0.1) is 0 Å². The van der Waals surface area contributed by atoms with Gasteiger partial charge in [0.1, 0.15) is 5.75 Å². The minimum Gasteiger partial charge on any atom is -0.426 e. The maximum absolute atomic E-state index is 10.9. The zero-order valence-electron chi connectivity index (χ0n) is 10.4. The molecular formula is C14H19O3P. The summed E-state index contributed by atoms with van der Waals surface area (Å²) in [6, 6.07) is 5.92. The summed E-state index contributed by atoms with van der Waals surface area (Å²) in [6.07, 6.45) is 7.38. The molecule has 1 aromatic carbocycles. The van der Waals surface area contributed by atoms with Crippen LogP contribution in [0, 0.1) is 11.8 Å². The van der Waals surface area contributed by atoms with Gasteiger partial charge < -0.3 is 9.42 Å². The molecule has 18 heavy (non-hydrogen) atoms. The Bertz CT molecular complexity index is 464. The number of benzene rings is 1. The third kappa shape index (κ3) is 2.48. The molecule has 1 N–H and O–H groups in total. The Morgan fingerprint density at radius 2 is 1.78 bits per heavy atom. The van der Waals surface area contributed by atoms with E-state index in [1.165, 1.54) is 36.8 Å². The molecule has 2 bridgehead atoms. The van der Waals surface area contributed by atoms with Gasteiger partial charge in [0.2, 0.25) is 0 Å². The van der Waals surface area contributed by atoms with Crippen LogP contribution in [-0.4, -0.2) is 4.89 Å². The molecule has 3 aliphatic carbocycles. The molecule has 0 saturated heterocycles. The topological polar surface area (TPSA) is 46.5 Å². The standard InChI is InChI=1S/C14H19O3P/c15-18(16)17-14-3-1-2-12-8-10-4-6-11(7-5-10)9-13(12)14/h1-3,10-11,18H,4-9H2,(H,15,16). The third-order valence-corrected chi connectivity index (χ3v) is 4.79. The molecular weight excluding hydrogens is 247 g/mol. The molecule has 0 aromatic heterocycles. The van der Waals surface area contributed by atoms with Gasteiger partial charge in [-0.2, -0.15) is 0 Å². The second-order valence-electron chi connectivity index (χ2n) is 5.56. The van der Waals surface area contributed by atoms with Gasteiger partial charge in [-0.25, -0.2) is 4.57 Å². The first-order valence-corrected chi connectivity index (χ1v) is 8.00. The Kier molecular flexibility index (Phi) is 3.45. The van der Waals surface area contributed by atoms with Crippen LogP contribution in [0.3, 0.4) is 0 Å². The summed E-state index contributed by atoms with van der Waals surface area (Å²) in [6.45, 7) is 0. The smallest absolute Gasteiger partial charge is 0.365 e. The summed E-state index contributed by atoms with van der Waals surface area (Å²) in [7, 11) is -2.90. The van der Waals surface area contributed by atoms with Crippen molar-refractivity contribution in [2.45, 2.75) is 38.5 Å². The van der Waals surface area contributed by atoms with Gasteiger partial charge in [-0.1, -0.05) is 12.1 Å². The lowest BCUT2D eigenvalue weighted by Crippen LogP contribution is -2.22. The number of hydrogen-bond donors (Lipinski definition) is 1. The molecule has 4 rings (SSSR count). The second kappa shape index (κ2) is 5.07. The van der Waals surface area contributed by atoms with Crippen molar-refractivity contribution < 1.29 is 14.0 Å². The van der Waals surface area contributed by atoms with Crippen molar-refractivity contribution in [3.8, 4) is 5.75 Å². The van der Waals surface area contributed by atoms with Crippen molar-refractivity contribution in [1.29, 1.82) is 0 Å². The van der Waals surface area contributed by atoms with Crippen LogP contribution >= 0.6 is 8.25 Å². The van der Waals surface area contributed by atoms with Crippen molar-refractivity contribution in [2.75, 3.05) is 0 Å². The van der Waals surface area contributed by atoms with Crippen molar-refractivity contribution >= 4 is 8.25 Å². The summed E-state index contributed by atoms with van der Waals surface area (Å²) in [5.41, 5.74) is 2.50. The molecule has 0 amide bonds. The third-order valence-electron chi connectivity index (χ3n) is 4.40. The molecule has 4 heteroatoms. The van der Waals surface area contributed by atoms with E-state index < -0.39 is 8.25 Å². The molecule has 1 fully saturated rings. The van der Waals surface area contributed by atoms with Crippen LogP contribution in [0.5, 0.6) is 5.75 Å². The van der Waals surface area contributed by atoms with Crippen LogP contribution < -0.4 is 4.52 Å². The van der Waals surface area contributed by atoms with Crippen molar-refractivity contribution in [2.24, 2.45) is 11.8 Å². The van der Waals surface area contributed by atoms with Crippen LogP contribution in [0.1, 0.15) is 36.8 Å². The van der Waals surface area contributed by atoms with Gasteiger partial charge >= 0.3 is 8.25 Å². The lowest BCUT2D eigenvalue weighted by molar-refractivity contribution is 0.259. The van der Waals surface area contributed by atoms with E-state index in [0.717, 1.165) is 24.7 Å². The summed E-state index contributed by atoms with van der Waals surface area (Å²) in [5.74, 6) is 2.15. The van der Waals surface area contributed by atoms with E-state index in [0.29, 0.717) is 5.75 Å². The summed E-state index contributed by atoms with van der Waals surface area (Å²) in [4.78, 5) is 8.99. The lowest BCUT2D eigenvalue weighted by atomic mass is 9.73. The Morgan fingerprint density at radius 3 is 2.44 bits per heavy atom. The number of fused-ring (bicyclic) bond motifs is 2. The van der Waals surface area contributed by atoms with Gasteiger partial charge in [0.05, 0.1) is 0 Å². The molecule has 0 spiro atoms. The van der Waals surface area contributed by atoms with Gasteiger partial charge in [0.15, 0.2) is 0 Å².